The second-order valence-electron chi connectivity index (χ2n) is 8.44. The highest BCUT2D eigenvalue weighted by molar-refractivity contribution is 14.1. The van der Waals surface area contributed by atoms with Crippen LogP contribution in [0.4, 0.5) is 10.2 Å². The standard InChI is InChI=1S/C20H24FIN6O2/c1-20(2,3)9-24-4-5-28-15(25-16-17(23)26-19(21)27-18(16)28)7-11-6-13-14(8-12(11)22)30-10-29-13/h6,8,24H,4-5,7,9-10H2,1-3H3,(H2,23,26,27). The maximum absolute atomic E-state index is 13.9. The zero-order valence-corrected chi connectivity index (χ0v) is 19.3. The molecule has 0 fully saturated rings. The van der Waals surface area contributed by atoms with Gasteiger partial charge in [0.1, 0.15) is 5.82 Å². The summed E-state index contributed by atoms with van der Waals surface area (Å²) in [6.45, 7) is 8.87. The van der Waals surface area contributed by atoms with E-state index in [-0.39, 0.29) is 18.0 Å². The van der Waals surface area contributed by atoms with E-state index in [1.165, 1.54) is 0 Å². The molecular formula is C20H24FIN6O2. The second kappa shape index (κ2) is 8.14. The number of benzene rings is 1. The average molecular weight is 526 g/mol. The third kappa shape index (κ3) is 4.43. The summed E-state index contributed by atoms with van der Waals surface area (Å²) in [5, 5.41) is 3.44. The fourth-order valence-corrected chi connectivity index (χ4v) is 3.96. The van der Waals surface area contributed by atoms with Crippen molar-refractivity contribution >= 4 is 39.6 Å². The highest BCUT2D eigenvalue weighted by atomic mass is 127. The summed E-state index contributed by atoms with van der Waals surface area (Å²) in [6, 6.07) is 3.91. The monoisotopic (exact) mass is 526 g/mol. The minimum Gasteiger partial charge on any atom is -0.454 e. The zero-order chi connectivity index (χ0) is 21.5. The summed E-state index contributed by atoms with van der Waals surface area (Å²) >= 11 is 2.27. The quantitative estimate of drug-likeness (QED) is 0.289. The second-order valence-corrected chi connectivity index (χ2v) is 9.60. The number of aromatic nitrogens is 4. The Morgan fingerprint density at radius 3 is 2.67 bits per heavy atom. The number of hydrogen-bond acceptors (Lipinski definition) is 7. The molecule has 0 atom stereocenters. The van der Waals surface area contributed by atoms with Crippen molar-refractivity contribution in [2.45, 2.75) is 33.7 Å². The molecular weight excluding hydrogens is 502 g/mol. The Hall–Kier alpha value is -2.21. The van der Waals surface area contributed by atoms with Crippen LogP contribution in [-0.4, -0.2) is 39.4 Å². The Morgan fingerprint density at radius 2 is 1.93 bits per heavy atom. The normalized spacial score (nSPS) is 13.4. The van der Waals surface area contributed by atoms with E-state index < -0.39 is 6.08 Å². The molecule has 0 bridgehead atoms. The van der Waals surface area contributed by atoms with Crippen LogP contribution in [0.2, 0.25) is 0 Å². The van der Waals surface area contributed by atoms with Crippen molar-refractivity contribution < 1.29 is 13.9 Å². The van der Waals surface area contributed by atoms with Crippen LogP contribution in [0.1, 0.15) is 32.2 Å². The van der Waals surface area contributed by atoms with E-state index in [1.807, 2.05) is 16.7 Å². The Balaban J connectivity index is 1.67. The van der Waals surface area contributed by atoms with Crippen molar-refractivity contribution in [3.63, 3.8) is 0 Å². The maximum atomic E-state index is 13.9. The molecule has 1 aromatic carbocycles. The summed E-state index contributed by atoms with van der Waals surface area (Å²) in [5.41, 5.74) is 7.95. The van der Waals surface area contributed by atoms with E-state index >= 15 is 0 Å². The van der Waals surface area contributed by atoms with Gasteiger partial charge in [-0.2, -0.15) is 14.4 Å². The van der Waals surface area contributed by atoms with E-state index in [4.69, 9.17) is 15.2 Å². The van der Waals surface area contributed by atoms with Crippen molar-refractivity contribution in [3.8, 4) is 11.5 Å². The first kappa shape index (κ1) is 21.0. The van der Waals surface area contributed by atoms with Gasteiger partial charge in [-0.25, -0.2) is 4.98 Å². The number of fused-ring (bicyclic) bond motifs is 2. The lowest BCUT2D eigenvalue weighted by Crippen LogP contribution is -2.30. The van der Waals surface area contributed by atoms with E-state index in [0.717, 1.165) is 27.3 Å². The molecule has 3 heterocycles. The molecule has 10 heteroatoms. The average Bonchev–Trinajstić information content (AvgIpc) is 3.23. The van der Waals surface area contributed by atoms with Crippen LogP contribution in [0.15, 0.2) is 12.1 Å². The largest absolute Gasteiger partial charge is 0.454 e. The highest BCUT2D eigenvalue weighted by Crippen LogP contribution is 2.36. The molecule has 0 spiro atoms. The molecule has 0 amide bonds. The molecule has 4 rings (SSSR count). The molecule has 1 aliphatic rings. The smallest absolute Gasteiger partial charge is 0.312 e. The molecule has 0 saturated carbocycles. The minimum absolute atomic E-state index is 0.0422. The molecule has 0 aliphatic carbocycles. The van der Waals surface area contributed by atoms with Gasteiger partial charge in [0.05, 0.1) is 0 Å². The first-order valence-corrected chi connectivity index (χ1v) is 10.8. The van der Waals surface area contributed by atoms with Gasteiger partial charge in [-0.1, -0.05) is 20.8 Å². The van der Waals surface area contributed by atoms with Gasteiger partial charge in [-0.3, -0.25) is 0 Å². The number of nitrogen functional groups attached to an aromatic ring is 1. The molecule has 8 nitrogen and oxygen atoms in total. The van der Waals surface area contributed by atoms with Crippen LogP contribution < -0.4 is 20.5 Å². The van der Waals surface area contributed by atoms with E-state index in [9.17, 15) is 4.39 Å². The van der Waals surface area contributed by atoms with Crippen molar-refractivity contribution in [1.29, 1.82) is 0 Å². The summed E-state index contributed by atoms with van der Waals surface area (Å²) in [6.07, 6.45) is -0.334. The minimum atomic E-state index is -0.854. The number of nitrogens with two attached hydrogens (primary N) is 1. The first-order valence-electron chi connectivity index (χ1n) is 9.68. The number of rotatable bonds is 6. The van der Waals surface area contributed by atoms with Gasteiger partial charge in [0.25, 0.3) is 0 Å². The molecule has 3 N–H and O–H groups in total. The predicted molar refractivity (Wildman–Crippen MR) is 120 cm³/mol. The van der Waals surface area contributed by atoms with E-state index in [1.54, 1.807) is 0 Å². The fourth-order valence-electron chi connectivity index (χ4n) is 3.33. The number of anilines is 1. The van der Waals surface area contributed by atoms with Crippen molar-refractivity contribution in [2.24, 2.45) is 5.41 Å². The third-order valence-corrected chi connectivity index (χ3v) is 5.74. The van der Waals surface area contributed by atoms with Gasteiger partial charge >= 0.3 is 6.08 Å². The number of nitrogens with zero attached hydrogens (tertiary/aromatic N) is 4. The van der Waals surface area contributed by atoms with Gasteiger partial charge in [0, 0.05) is 29.6 Å². The van der Waals surface area contributed by atoms with Gasteiger partial charge in [0.2, 0.25) is 6.79 Å². The number of hydrogen-bond donors (Lipinski definition) is 2. The van der Waals surface area contributed by atoms with E-state index in [0.29, 0.717) is 36.4 Å². The molecule has 0 saturated heterocycles. The number of imidazole rings is 1. The molecule has 30 heavy (non-hydrogen) atoms. The van der Waals surface area contributed by atoms with Gasteiger partial charge in [-0.15, -0.1) is 0 Å². The molecule has 160 valence electrons. The number of nitrogens with one attached hydrogen (secondary N) is 1. The van der Waals surface area contributed by atoms with Crippen molar-refractivity contribution in [2.75, 3.05) is 25.6 Å². The predicted octanol–water partition coefficient (Wildman–Crippen LogP) is 3.11. The number of halogens is 2. The first-order chi connectivity index (χ1) is 14.2. The third-order valence-electron chi connectivity index (χ3n) is 4.73. The lowest BCUT2D eigenvalue weighted by molar-refractivity contribution is 0.174. The molecule has 2 aromatic heterocycles. The molecule has 1 aliphatic heterocycles. The Bertz CT molecular complexity index is 1100. The maximum Gasteiger partial charge on any atom is 0.312 e. The Kier molecular flexibility index (Phi) is 5.71. The lowest BCUT2D eigenvalue weighted by atomic mass is 9.97. The summed E-state index contributed by atoms with van der Waals surface area (Å²) in [7, 11) is 0. The summed E-state index contributed by atoms with van der Waals surface area (Å²) in [5.74, 6) is 2.23. The van der Waals surface area contributed by atoms with Crippen molar-refractivity contribution in [1.82, 2.24) is 24.8 Å². The molecule has 0 radical (unpaired) electrons. The van der Waals surface area contributed by atoms with Crippen LogP contribution in [0.5, 0.6) is 11.5 Å². The number of ether oxygens (including phenoxy) is 2. The highest BCUT2D eigenvalue weighted by Gasteiger charge is 2.21. The molecule has 3 aromatic rings. The lowest BCUT2D eigenvalue weighted by Gasteiger charge is -2.19. The Labute approximate surface area is 187 Å². The van der Waals surface area contributed by atoms with E-state index in [2.05, 4.69) is 63.6 Å². The van der Waals surface area contributed by atoms with Gasteiger partial charge < -0.3 is 25.1 Å². The molecule has 0 unspecified atom stereocenters. The topological polar surface area (TPSA) is 100 Å². The summed E-state index contributed by atoms with van der Waals surface area (Å²) in [4.78, 5) is 12.3. The SMILES string of the molecule is CC(C)(C)CNCCn1c(Cc2cc3c(cc2I)OCO3)nc2c(N)nc(F)nc21. The zero-order valence-electron chi connectivity index (χ0n) is 17.1. The van der Waals surface area contributed by atoms with Crippen LogP contribution in [0.25, 0.3) is 11.2 Å². The van der Waals surface area contributed by atoms with Gasteiger partial charge in [0.15, 0.2) is 28.5 Å². The van der Waals surface area contributed by atoms with Crippen LogP contribution in [0, 0.1) is 15.1 Å². The Morgan fingerprint density at radius 1 is 1.20 bits per heavy atom. The summed E-state index contributed by atoms with van der Waals surface area (Å²) < 4.78 is 27.8. The van der Waals surface area contributed by atoms with Crippen LogP contribution in [0.3, 0.4) is 0 Å². The van der Waals surface area contributed by atoms with Crippen LogP contribution in [-0.2, 0) is 13.0 Å². The van der Waals surface area contributed by atoms with Gasteiger partial charge in [-0.05, 0) is 45.7 Å². The fraction of sp³-hybridized carbons (Fsp3) is 0.450. The van der Waals surface area contributed by atoms with Crippen molar-refractivity contribution in [3.05, 3.63) is 33.2 Å². The van der Waals surface area contributed by atoms with Crippen LogP contribution >= 0.6 is 22.6 Å².